The third-order valence-electron chi connectivity index (χ3n) is 7.63. The Morgan fingerprint density at radius 1 is 1.05 bits per heavy atom. The zero-order valence-corrected chi connectivity index (χ0v) is 22.3. The van der Waals surface area contributed by atoms with E-state index in [1.807, 2.05) is 13.8 Å². The molecule has 4 rings (SSSR count). The summed E-state index contributed by atoms with van der Waals surface area (Å²) in [5.74, 6) is -0.570. The van der Waals surface area contributed by atoms with E-state index in [2.05, 4.69) is 17.1 Å². The number of alkyl halides is 3. The van der Waals surface area contributed by atoms with E-state index >= 15 is 0 Å². The van der Waals surface area contributed by atoms with Gasteiger partial charge in [-0.2, -0.15) is 13.2 Å². The molecule has 1 N–H and O–H groups in total. The van der Waals surface area contributed by atoms with Crippen LogP contribution in [0.15, 0.2) is 35.5 Å². The number of urea groups is 1. The predicted octanol–water partition coefficient (Wildman–Crippen LogP) is 3.47. The number of rotatable bonds is 7. The molecule has 1 saturated heterocycles. The van der Waals surface area contributed by atoms with Crippen LogP contribution in [0.3, 0.4) is 0 Å². The molecule has 1 aromatic rings. The lowest BCUT2D eigenvalue weighted by Gasteiger charge is -2.38. The first-order valence-corrected chi connectivity index (χ1v) is 13.3. The molecule has 0 spiro atoms. The highest BCUT2D eigenvalue weighted by Crippen LogP contribution is 2.42. The van der Waals surface area contributed by atoms with Gasteiger partial charge in [0.2, 0.25) is 5.91 Å². The lowest BCUT2D eigenvalue weighted by atomic mass is 9.91. The smallest absolute Gasteiger partial charge is 0.338 e. The Morgan fingerprint density at radius 2 is 1.71 bits per heavy atom. The standard InChI is InChI=1S/C27H36F3N5O3/c1-5-32-11-13-33(14-12-32)24(36)20(15-17(3)4)35-16-21-22(25(35)37)23(31-26(38)34(21)6-2)18-9-7-8-10-19(18)27(28,29)30/h7-10,17,20,23H,5-6,11-16H2,1-4H3,(H,31,38)/t20-,23-/m1/s1. The largest absolute Gasteiger partial charge is 0.416 e. The van der Waals surface area contributed by atoms with Crippen molar-refractivity contribution in [3.8, 4) is 0 Å². The van der Waals surface area contributed by atoms with Crippen molar-refractivity contribution < 1.29 is 27.6 Å². The summed E-state index contributed by atoms with van der Waals surface area (Å²) in [6.07, 6.45) is -4.25. The topological polar surface area (TPSA) is 76.2 Å². The van der Waals surface area contributed by atoms with Crippen molar-refractivity contribution in [1.82, 2.24) is 24.9 Å². The van der Waals surface area contributed by atoms with E-state index in [4.69, 9.17) is 0 Å². The summed E-state index contributed by atoms with van der Waals surface area (Å²) in [5.41, 5.74) is -0.632. The van der Waals surface area contributed by atoms with E-state index in [1.54, 1.807) is 11.8 Å². The fourth-order valence-electron chi connectivity index (χ4n) is 5.64. The van der Waals surface area contributed by atoms with E-state index in [0.717, 1.165) is 25.7 Å². The second-order valence-corrected chi connectivity index (χ2v) is 10.4. The van der Waals surface area contributed by atoms with Crippen LogP contribution < -0.4 is 5.32 Å². The van der Waals surface area contributed by atoms with Gasteiger partial charge in [-0.05, 0) is 37.4 Å². The summed E-state index contributed by atoms with van der Waals surface area (Å²) in [7, 11) is 0. The number of nitrogens with one attached hydrogen (secondary N) is 1. The van der Waals surface area contributed by atoms with Gasteiger partial charge in [0.1, 0.15) is 6.04 Å². The van der Waals surface area contributed by atoms with Gasteiger partial charge in [-0.3, -0.25) is 14.5 Å². The maximum atomic E-state index is 14.0. The summed E-state index contributed by atoms with van der Waals surface area (Å²) < 4.78 is 41.7. The Labute approximate surface area is 221 Å². The molecule has 38 heavy (non-hydrogen) atoms. The van der Waals surface area contributed by atoms with Crippen LogP contribution in [0.25, 0.3) is 0 Å². The van der Waals surface area contributed by atoms with E-state index in [1.165, 1.54) is 28.0 Å². The SMILES string of the molecule is CCN1CCN(C(=O)[C@@H](CC(C)C)N2CC3=C(C2=O)[C@@H](c2ccccc2C(F)(F)F)NC(=O)N3CC)CC1. The van der Waals surface area contributed by atoms with E-state index in [9.17, 15) is 27.6 Å². The van der Waals surface area contributed by atoms with Crippen molar-refractivity contribution in [2.45, 2.75) is 52.4 Å². The van der Waals surface area contributed by atoms with Crippen LogP contribution in [0, 0.1) is 5.92 Å². The molecule has 0 unspecified atom stereocenters. The second-order valence-electron chi connectivity index (χ2n) is 10.4. The van der Waals surface area contributed by atoms with Crippen LogP contribution in [0.5, 0.6) is 0 Å². The highest BCUT2D eigenvalue weighted by molar-refractivity contribution is 6.03. The van der Waals surface area contributed by atoms with Crippen molar-refractivity contribution in [3.63, 3.8) is 0 Å². The van der Waals surface area contributed by atoms with Crippen molar-refractivity contribution in [3.05, 3.63) is 46.7 Å². The first-order valence-electron chi connectivity index (χ1n) is 13.3. The monoisotopic (exact) mass is 535 g/mol. The molecule has 11 heteroatoms. The van der Waals surface area contributed by atoms with Gasteiger partial charge in [0.05, 0.1) is 29.4 Å². The minimum atomic E-state index is -4.66. The molecule has 8 nitrogen and oxygen atoms in total. The number of halogens is 3. The first-order chi connectivity index (χ1) is 18.0. The Hall–Kier alpha value is -3.08. The van der Waals surface area contributed by atoms with Crippen LogP contribution in [0.2, 0.25) is 0 Å². The minimum absolute atomic E-state index is 0.00182. The lowest BCUT2D eigenvalue weighted by Crippen LogP contribution is -2.55. The average Bonchev–Trinajstić information content (AvgIpc) is 3.22. The van der Waals surface area contributed by atoms with Gasteiger partial charge < -0.3 is 20.0 Å². The summed E-state index contributed by atoms with van der Waals surface area (Å²) >= 11 is 0. The van der Waals surface area contributed by atoms with Gasteiger partial charge in [-0.25, -0.2) is 4.79 Å². The van der Waals surface area contributed by atoms with E-state index < -0.39 is 35.8 Å². The molecule has 0 aromatic heterocycles. The molecule has 0 bridgehead atoms. The normalized spacial score (nSPS) is 21.8. The Bertz CT molecular complexity index is 1110. The highest BCUT2D eigenvalue weighted by Gasteiger charge is 2.49. The van der Waals surface area contributed by atoms with Crippen LogP contribution in [-0.4, -0.2) is 89.3 Å². The Balaban J connectivity index is 1.71. The molecule has 3 aliphatic heterocycles. The van der Waals surface area contributed by atoms with Crippen LogP contribution >= 0.6 is 0 Å². The molecule has 1 fully saturated rings. The predicted molar refractivity (Wildman–Crippen MR) is 136 cm³/mol. The summed E-state index contributed by atoms with van der Waals surface area (Å²) in [6.45, 7) is 11.5. The summed E-state index contributed by atoms with van der Waals surface area (Å²) in [6, 6.07) is 2.38. The van der Waals surface area contributed by atoms with Crippen molar-refractivity contribution in [2.75, 3.05) is 45.8 Å². The van der Waals surface area contributed by atoms with Crippen molar-refractivity contribution >= 4 is 17.8 Å². The quantitative estimate of drug-likeness (QED) is 0.580. The minimum Gasteiger partial charge on any atom is -0.338 e. The third-order valence-corrected chi connectivity index (χ3v) is 7.63. The van der Waals surface area contributed by atoms with Crippen LogP contribution in [0.4, 0.5) is 18.0 Å². The molecule has 3 heterocycles. The summed E-state index contributed by atoms with van der Waals surface area (Å²) in [4.78, 5) is 47.6. The molecule has 0 saturated carbocycles. The lowest BCUT2D eigenvalue weighted by molar-refractivity contribution is -0.145. The molecule has 3 aliphatic rings. The molecular weight excluding hydrogens is 499 g/mol. The fraction of sp³-hybridized carbons (Fsp3) is 0.593. The zero-order valence-electron chi connectivity index (χ0n) is 22.3. The molecule has 1 aromatic carbocycles. The number of nitrogens with zero attached hydrogens (tertiary/aromatic N) is 4. The zero-order chi connectivity index (χ0) is 27.8. The van der Waals surface area contributed by atoms with E-state index in [-0.39, 0.29) is 36.1 Å². The van der Waals surface area contributed by atoms with Crippen molar-refractivity contribution in [2.24, 2.45) is 5.92 Å². The second kappa shape index (κ2) is 11.0. The van der Waals surface area contributed by atoms with Crippen LogP contribution in [0.1, 0.15) is 51.3 Å². The molecule has 2 atom stereocenters. The summed E-state index contributed by atoms with van der Waals surface area (Å²) in [5, 5.41) is 2.63. The van der Waals surface area contributed by atoms with Gasteiger partial charge >= 0.3 is 12.2 Å². The van der Waals surface area contributed by atoms with Crippen LogP contribution in [-0.2, 0) is 15.8 Å². The highest BCUT2D eigenvalue weighted by atomic mass is 19.4. The molecule has 0 aliphatic carbocycles. The molecule has 0 radical (unpaired) electrons. The van der Waals surface area contributed by atoms with E-state index in [0.29, 0.717) is 25.2 Å². The molecular formula is C27H36F3N5O3. The molecule has 4 amide bonds. The Kier molecular flexibility index (Phi) is 8.06. The van der Waals surface area contributed by atoms with Gasteiger partial charge in [0, 0.05) is 32.7 Å². The van der Waals surface area contributed by atoms with Gasteiger partial charge in [0.15, 0.2) is 0 Å². The number of carbonyl (C=O) groups is 3. The Morgan fingerprint density at radius 3 is 2.29 bits per heavy atom. The number of hydrogen-bond donors (Lipinski definition) is 1. The number of benzene rings is 1. The fourth-order valence-corrected chi connectivity index (χ4v) is 5.64. The number of hydrogen-bond acceptors (Lipinski definition) is 4. The number of carbonyl (C=O) groups excluding carboxylic acids is 3. The van der Waals surface area contributed by atoms with Crippen molar-refractivity contribution in [1.29, 1.82) is 0 Å². The average molecular weight is 536 g/mol. The van der Waals surface area contributed by atoms with Gasteiger partial charge in [-0.15, -0.1) is 0 Å². The van der Waals surface area contributed by atoms with Gasteiger partial charge in [-0.1, -0.05) is 39.0 Å². The third kappa shape index (κ3) is 5.25. The maximum absolute atomic E-state index is 14.0. The number of amides is 4. The first kappa shape index (κ1) is 27.9. The maximum Gasteiger partial charge on any atom is 0.416 e. The molecule has 208 valence electrons. The van der Waals surface area contributed by atoms with Gasteiger partial charge in [0.25, 0.3) is 5.91 Å². The number of likely N-dealkylation sites (N-methyl/N-ethyl adjacent to an activating group) is 2. The number of piperazine rings is 1.